The fraction of sp³-hybridized carbons (Fsp3) is 0.167. The Hall–Kier alpha value is -2.30. The molecule has 0 aliphatic heterocycles. The van der Waals surface area contributed by atoms with Gasteiger partial charge in [0.05, 0.1) is 5.69 Å². The normalized spacial score (nSPS) is 10.5. The van der Waals surface area contributed by atoms with Crippen LogP contribution in [0.4, 0.5) is 5.69 Å². The average molecular weight is 231 g/mol. The third-order valence-corrected chi connectivity index (χ3v) is 2.55. The van der Waals surface area contributed by atoms with E-state index in [-0.39, 0.29) is 5.82 Å². The number of aromatic nitrogens is 2. The van der Waals surface area contributed by atoms with Gasteiger partial charge < -0.3 is 10.8 Å². The monoisotopic (exact) mass is 231 g/mol. The summed E-state index contributed by atoms with van der Waals surface area (Å²) in [5.41, 5.74) is 8.73. The lowest BCUT2D eigenvalue weighted by molar-refractivity contribution is 0.0681. The Morgan fingerprint density at radius 3 is 2.71 bits per heavy atom. The van der Waals surface area contributed by atoms with E-state index in [0.717, 1.165) is 11.3 Å². The number of aryl methyl sites for hydroxylation is 2. The summed E-state index contributed by atoms with van der Waals surface area (Å²) in [4.78, 5) is 15.0. The molecule has 3 N–H and O–H groups in total. The summed E-state index contributed by atoms with van der Waals surface area (Å²) < 4.78 is 1.55. The Labute approximate surface area is 98.5 Å². The Bertz CT molecular complexity index is 587. The number of rotatable bonds is 2. The number of anilines is 1. The first kappa shape index (κ1) is 11.2. The molecule has 2 rings (SSSR count). The van der Waals surface area contributed by atoms with Gasteiger partial charge in [0.15, 0.2) is 0 Å². The third-order valence-electron chi connectivity index (χ3n) is 2.55. The van der Waals surface area contributed by atoms with Crippen molar-refractivity contribution in [3.8, 4) is 5.69 Å². The molecule has 0 aliphatic rings. The summed E-state index contributed by atoms with van der Waals surface area (Å²) in [6.07, 6.45) is 1.69. The van der Waals surface area contributed by atoms with Crippen LogP contribution in [0, 0.1) is 13.8 Å². The Kier molecular flexibility index (Phi) is 2.59. The lowest BCUT2D eigenvalue weighted by Gasteiger charge is -2.07. The molecule has 0 radical (unpaired) electrons. The Morgan fingerprint density at radius 2 is 2.12 bits per heavy atom. The summed E-state index contributed by atoms with van der Waals surface area (Å²) in [5.74, 6) is -1.04. The first-order valence-electron chi connectivity index (χ1n) is 5.15. The van der Waals surface area contributed by atoms with Crippen LogP contribution in [0.15, 0.2) is 24.4 Å². The van der Waals surface area contributed by atoms with E-state index in [4.69, 9.17) is 10.8 Å². The number of carbonyl (C=O) groups is 1. The zero-order valence-electron chi connectivity index (χ0n) is 9.64. The second kappa shape index (κ2) is 3.93. The molecule has 5 heteroatoms. The molecule has 0 bridgehead atoms. The van der Waals surface area contributed by atoms with E-state index in [1.165, 1.54) is 0 Å². The molecule has 0 amide bonds. The summed E-state index contributed by atoms with van der Waals surface area (Å²) in [7, 11) is 0. The fourth-order valence-electron chi connectivity index (χ4n) is 1.66. The van der Waals surface area contributed by atoms with Crippen LogP contribution in [0.3, 0.4) is 0 Å². The van der Waals surface area contributed by atoms with Crippen molar-refractivity contribution in [1.29, 1.82) is 0 Å². The number of hydrogen-bond acceptors (Lipinski definition) is 3. The second-order valence-electron chi connectivity index (χ2n) is 3.92. The molecule has 0 aliphatic carbocycles. The van der Waals surface area contributed by atoms with Crippen LogP contribution in [0.5, 0.6) is 0 Å². The number of nitrogens with two attached hydrogens (primary N) is 1. The minimum atomic E-state index is -1.05. The molecule has 0 atom stereocenters. The van der Waals surface area contributed by atoms with Gasteiger partial charge in [-0.3, -0.25) is 4.57 Å². The second-order valence-corrected chi connectivity index (χ2v) is 3.92. The molecule has 1 heterocycles. The standard InChI is InChI=1S/C12H13N3O2/c1-7-5-9(3-4-10(7)13)15-6-8(2)14-11(15)12(16)17/h3-6H,13H2,1-2H3,(H,16,17). The third kappa shape index (κ3) is 1.99. The van der Waals surface area contributed by atoms with Crippen molar-refractivity contribution in [2.24, 2.45) is 0 Å². The predicted molar refractivity (Wildman–Crippen MR) is 64.4 cm³/mol. The molecule has 0 saturated heterocycles. The first-order valence-corrected chi connectivity index (χ1v) is 5.15. The minimum Gasteiger partial charge on any atom is -0.475 e. The van der Waals surface area contributed by atoms with Crippen molar-refractivity contribution in [1.82, 2.24) is 9.55 Å². The van der Waals surface area contributed by atoms with E-state index in [1.54, 1.807) is 29.8 Å². The predicted octanol–water partition coefficient (Wildman–Crippen LogP) is 1.77. The molecule has 88 valence electrons. The van der Waals surface area contributed by atoms with Gasteiger partial charge in [0.25, 0.3) is 0 Å². The van der Waals surface area contributed by atoms with Crippen molar-refractivity contribution >= 4 is 11.7 Å². The minimum absolute atomic E-state index is 0.00618. The highest BCUT2D eigenvalue weighted by molar-refractivity contribution is 5.84. The number of hydrogen-bond donors (Lipinski definition) is 2. The molecular weight excluding hydrogens is 218 g/mol. The van der Waals surface area contributed by atoms with Gasteiger partial charge >= 0.3 is 5.97 Å². The molecule has 0 fully saturated rings. The average Bonchev–Trinajstić information content (AvgIpc) is 2.64. The van der Waals surface area contributed by atoms with Crippen molar-refractivity contribution in [3.05, 3.63) is 41.5 Å². The highest BCUT2D eigenvalue weighted by Gasteiger charge is 2.14. The maximum Gasteiger partial charge on any atom is 0.372 e. The van der Waals surface area contributed by atoms with E-state index in [0.29, 0.717) is 11.4 Å². The molecule has 17 heavy (non-hydrogen) atoms. The number of imidazole rings is 1. The van der Waals surface area contributed by atoms with Gasteiger partial charge in [0, 0.05) is 17.6 Å². The lowest BCUT2D eigenvalue weighted by atomic mass is 10.2. The first-order chi connectivity index (χ1) is 7.99. The molecule has 1 aromatic heterocycles. The number of nitrogen functional groups attached to an aromatic ring is 1. The van der Waals surface area contributed by atoms with Crippen LogP contribution in [0.25, 0.3) is 5.69 Å². The molecule has 2 aromatic rings. The van der Waals surface area contributed by atoms with Gasteiger partial charge in [-0.15, -0.1) is 0 Å². The van der Waals surface area contributed by atoms with Crippen LogP contribution in [0.2, 0.25) is 0 Å². The van der Waals surface area contributed by atoms with E-state index >= 15 is 0 Å². The van der Waals surface area contributed by atoms with E-state index < -0.39 is 5.97 Å². The van der Waals surface area contributed by atoms with Gasteiger partial charge in [0.1, 0.15) is 0 Å². The van der Waals surface area contributed by atoms with Gasteiger partial charge in [-0.1, -0.05) is 0 Å². The number of benzene rings is 1. The highest BCUT2D eigenvalue weighted by atomic mass is 16.4. The van der Waals surface area contributed by atoms with Gasteiger partial charge in [-0.25, -0.2) is 9.78 Å². The largest absolute Gasteiger partial charge is 0.475 e. The maximum atomic E-state index is 11.1. The molecule has 0 saturated carbocycles. The lowest BCUT2D eigenvalue weighted by Crippen LogP contribution is -2.07. The van der Waals surface area contributed by atoms with Crippen LogP contribution in [-0.2, 0) is 0 Å². The van der Waals surface area contributed by atoms with Crippen molar-refractivity contribution in [2.75, 3.05) is 5.73 Å². The van der Waals surface area contributed by atoms with Gasteiger partial charge in [-0.2, -0.15) is 0 Å². The summed E-state index contributed by atoms with van der Waals surface area (Å²) in [6, 6.07) is 5.37. The number of aromatic carboxylic acids is 1. The van der Waals surface area contributed by atoms with Gasteiger partial charge in [-0.05, 0) is 37.6 Å². The van der Waals surface area contributed by atoms with Gasteiger partial charge in [0.2, 0.25) is 5.82 Å². The molecule has 5 nitrogen and oxygen atoms in total. The smallest absolute Gasteiger partial charge is 0.372 e. The van der Waals surface area contributed by atoms with Crippen LogP contribution < -0.4 is 5.73 Å². The topological polar surface area (TPSA) is 81.1 Å². The summed E-state index contributed by atoms with van der Waals surface area (Å²) >= 11 is 0. The van der Waals surface area contributed by atoms with Crippen LogP contribution in [0.1, 0.15) is 21.9 Å². The number of nitrogens with zero attached hydrogens (tertiary/aromatic N) is 2. The fourth-order valence-corrected chi connectivity index (χ4v) is 1.66. The highest BCUT2D eigenvalue weighted by Crippen LogP contribution is 2.18. The zero-order chi connectivity index (χ0) is 12.6. The Balaban J connectivity index is 2.59. The SMILES string of the molecule is Cc1cn(-c2ccc(N)c(C)c2)c(C(=O)O)n1. The van der Waals surface area contributed by atoms with Crippen LogP contribution in [-0.4, -0.2) is 20.6 Å². The van der Waals surface area contributed by atoms with E-state index in [9.17, 15) is 4.79 Å². The van der Waals surface area contributed by atoms with E-state index in [2.05, 4.69) is 4.98 Å². The maximum absolute atomic E-state index is 11.1. The Morgan fingerprint density at radius 1 is 1.41 bits per heavy atom. The quantitative estimate of drug-likeness (QED) is 0.772. The molecular formula is C12H13N3O2. The summed E-state index contributed by atoms with van der Waals surface area (Å²) in [6.45, 7) is 3.64. The molecule has 0 unspecified atom stereocenters. The van der Waals surface area contributed by atoms with Crippen molar-refractivity contribution in [3.63, 3.8) is 0 Å². The molecule has 1 aromatic carbocycles. The van der Waals surface area contributed by atoms with E-state index in [1.807, 2.05) is 13.0 Å². The summed E-state index contributed by atoms with van der Waals surface area (Å²) in [5, 5.41) is 9.06. The van der Waals surface area contributed by atoms with Crippen LogP contribution >= 0.6 is 0 Å². The molecule has 0 spiro atoms. The van der Waals surface area contributed by atoms with Crippen molar-refractivity contribution < 1.29 is 9.90 Å². The zero-order valence-corrected chi connectivity index (χ0v) is 9.64. The number of carboxylic acid groups (broad SMARTS) is 1. The van der Waals surface area contributed by atoms with Crippen molar-refractivity contribution in [2.45, 2.75) is 13.8 Å². The number of carboxylic acids is 1.